The molecule has 19 heavy (non-hydrogen) atoms. The van der Waals surface area contributed by atoms with Crippen LogP contribution in [0.5, 0.6) is 6.01 Å². The number of ether oxygens (including phenoxy) is 1. The van der Waals surface area contributed by atoms with Crippen LogP contribution in [0.4, 0.5) is 0 Å². The summed E-state index contributed by atoms with van der Waals surface area (Å²) >= 11 is 5.76. The van der Waals surface area contributed by atoms with E-state index in [0.717, 1.165) is 19.5 Å². The highest BCUT2D eigenvalue weighted by Crippen LogP contribution is 2.19. The highest BCUT2D eigenvalue weighted by molar-refractivity contribution is 6.29. The average molecular weight is 284 g/mol. The highest BCUT2D eigenvalue weighted by Gasteiger charge is 2.27. The lowest BCUT2D eigenvalue weighted by molar-refractivity contribution is -0.133. The number of aromatic nitrogens is 2. The van der Waals surface area contributed by atoms with Gasteiger partial charge in [0, 0.05) is 31.1 Å². The Hall–Kier alpha value is -1.36. The molecule has 1 aliphatic rings. The predicted octanol–water partition coefficient (Wildman–Crippen LogP) is 2.01. The van der Waals surface area contributed by atoms with Crippen molar-refractivity contribution in [3.05, 3.63) is 17.4 Å². The van der Waals surface area contributed by atoms with Gasteiger partial charge in [-0.3, -0.25) is 4.79 Å². The number of nitrogens with zero attached hydrogens (tertiary/aromatic N) is 3. The maximum Gasteiger partial charge on any atom is 0.317 e. The lowest BCUT2D eigenvalue weighted by Gasteiger charge is -2.18. The number of amides is 1. The minimum atomic E-state index is 0.0518. The molecular formula is C13H18ClN3O2. The van der Waals surface area contributed by atoms with Crippen molar-refractivity contribution in [1.29, 1.82) is 0 Å². The number of halogens is 1. The Morgan fingerprint density at radius 3 is 3.11 bits per heavy atom. The molecule has 1 aromatic heterocycles. The Morgan fingerprint density at radius 2 is 2.42 bits per heavy atom. The Bertz CT molecular complexity index is 453. The van der Waals surface area contributed by atoms with Crippen molar-refractivity contribution >= 4 is 17.5 Å². The van der Waals surface area contributed by atoms with Crippen molar-refractivity contribution in [3.63, 3.8) is 0 Å². The van der Waals surface area contributed by atoms with Crippen LogP contribution in [-0.2, 0) is 4.79 Å². The Labute approximate surface area is 117 Å². The third kappa shape index (κ3) is 3.80. The first-order valence-electron chi connectivity index (χ1n) is 6.46. The molecular weight excluding hydrogens is 266 g/mol. The van der Waals surface area contributed by atoms with Gasteiger partial charge in [0.15, 0.2) is 0 Å². The van der Waals surface area contributed by atoms with Crippen molar-refractivity contribution in [2.45, 2.75) is 20.3 Å². The van der Waals surface area contributed by atoms with E-state index in [1.165, 1.54) is 0 Å². The molecule has 5 nitrogen and oxygen atoms in total. The third-order valence-electron chi connectivity index (χ3n) is 3.14. The van der Waals surface area contributed by atoms with Crippen LogP contribution in [0.2, 0.25) is 5.15 Å². The van der Waals surface area contributed by atoms with E-state index in [1.54, 1.807) is 12.3 Å². The fraction of sp³-hybridized carbons (Fsp3) is 0.615. The van der Waals surface area contributed by atoms with Gasteiger partial charge in [-0.05, 0) is 12.5 Å². The molecule has 0 aliphatic carbocycles. The summed E-state index contributed by atoms with van der Waals surface area (Å²) in [6.45, 7) is 5.92. The molecule has 0 bridgehead atoms. The first-order valence-corrected chi connectivity index (χ1v) is 6.84. The number of hydrogen-bond acceptors (Lipinski definition) is 4. The molecule has 1 saturated heterocycles. The van der Waals surface area contributed by atoms with Crippen molar-refractivity contribution in [2.75, 3.05) is 19.7 Å². The molecule has 6 heteroatoms. The lowest BCUT2D eigenvalue weighted by atomic mass is 10.1. The third-order valence-corrected chi connectivity index (χ3v) is 3.35. The van der Waals surface area contributed by atoms with Gasteiger partial charge in [0.1, 0.15) is 5.15 Å². The van der Waals surface area contributed by atoms with Crippen LogP contribution in [0.25, 0.3) is 0 Å². The van der Waals surface area contributed by atoms with Crippen molar-refractivity contribution < 1.29 is 9.53 Å². The second kappa shape index (κ2) is 6.19. The Morgan fingerprint density at radius 1 is 1.63 bits per heavy atom. The van der Waals surface area contributed by atoms with E-state index in [-0.39, 0.29) is 11.8 Å². The molecule has 0 spiro atoms. The first-order chi connectivity index (χ1) is 9.06. The van der Waals surface area contributed by atoms with E-state index in [4.69, 9.17) is 16.3 Å². The Balaban J connectivity index is 1.81. The van der Waals surface area contributed by atoms with Crippen LogP contribution in [0.15, 0.2) is 12.3 Å². The fourth-order valence-electron chi connectivity index (χ4n) is 2.12. The van der Waals surface area contributed by atoms with E-state index in [0.29, 0.717) is 23.7 Å². The number of rotatable bonds is 4. The predicted molar refractivity (Wildman–Crippen MR) is 72.1 cm³/mol. The number of carbonyl (C=O) groups excluding carboxylic acids is 1. The van der Waals surface area contributed by atoms with E-state index < -0.39 is 0 Å². The maximum absolute atomic E-state index is 11.9. The van der Waals surface area contributed by atoms with Gasteiger partial charge in [0.25, 0.3) is 0 Å². The summed E-state index contributed by atoms with van der Waals surface area (Å²) in [5.74, 6) is 0.600. The fourth-order valence-corrected chi connectivity index (χ4v) is 2.24. The summed E-state index contributed by atoms with van der Waals surface area (Å²) < 4.78 is 5.51. The second-order valence-electron chi connectivity index (χ2n) is 5.07. The van der Waals surface area contributed by atoms with Crippen LogP contribution < -0.4 is 4.74 Å². The minimum absolute atomic E-state index is 0.0518. The quantitative estimate of drug-likeness (QED) is 0.793. The van der Waals surface area contributed by atoms with Gasteiger partial charge in [-0.25, -0.2) is 4.98 Å². The van der Waals surface area contributed by atoms with Gasteiger partial charge >= 0.3 is 6.01 Å². The second-order valence-corrected chi connectivity index (χ2v) is 5.45. The summed E-state index contributed by atoms with van der Waals surface area (Å²) in [4.78, 5) is 21.7. The summed E-state index contributed by atoms with van der Waals surface area (Å²) in [5, 5.41) is 0.369. The van der Waals surface area contributed by atoms with Crippen LogP contribution >= 0.6 is 11.6 Å². The molecule has 104 valence electrons. The van der Waals surface area contributed by atoms with Crippen molar-refractivity contribution in [2.24, 2.45) is 11.8 Å². The molecule has 2 heterocycles. The smallest absolute Gasteiger partial charge is 0.317 e. The molecule has 0 N–H and O–H groups in total. The molecule has 2 rings (SSSR count). The normalized spacial score (nSPS) is 18.9. The van der Waals surface area contributed by atoms with Crippen LogP contribution in [0.3, 0.4) is 0 Å². The molecule has 1 atom stereocenters. The number of likely N-dealkylation sites (tertiary alicyclic amines) is 1. The highest BCUT2D eigenvalue weighted by atomic mass is 35.5. The topological polar surface area (TPSA) is 55.3 Å². The largest absolute Gasteiger partial charge is 0.463 e. The molecule has 1 amide bonds. The molecule has 0 saturated carbocycles. The number of carbonyl (C=O) groups is 1. The van der Waals surface area contributed by atoms with Gasteiger partial charge in [-0.15, -0.1) is 0 Å². The van der Waals surface area contributed by atoms with Crippen LogP contribution in [0.1, 0.15) is 20.3 Å². The first kappa shape index (κ1) is 14.1. The molecule has 1 unspecified atom stereocenters. The summed E-state index contributed by atoms with van der Waals surface area (Å²) in [7, 11) is 0. The Kier molecular flexibility index (Phi) is 4.58. The molecule has 0 aromatic carbocycles. The average Bonchev–Trinajstić information content (AvgIpc) is 2.84. The summed E-state index contributed by atoms with van der Waals surface area (Å²) in [6, 6.07) is 1.90. The maximum atomic E-state index is 11.9. The van der Waals surface area contributed by atoms with Gasteiger partial charge in [-0.2, -0.15) is 4.98 Å². The monoisotopic (exact) mass is 283 g/mol. The van der Waals surface area contributed by atoms with E-state index in [9.17, 15) is 4.79 Å². The van der Waals surface area contributed by atoms with Gasteiger partial charge in [-0.1, -0.05) is 25.4 Å². The van der Waals surface area contributed by atoms with Crippen molar-refractivity contribution in [3.8, 4) is 6.01 Å². The zero-order valence-corrected chi connectivity index (χ0v) is 11.9. The lowest BCUT2D eigenvalue weighted by Crippen LogP contribution is -2.32. The summed E-state index contributed by atoms with van der Waals surface area (Å²) in [5.41, 5.74) is 0. The molecule has 1 fully saturated rings. The van der Waals surface area contributed by atoms with Crippen LogP contribution in [-0.4, -0.2) is 40.5 Å². The van der Waals surface area contributed by atoms with Gasteiger partial charge < -0.3 is 9.64 Å². The summed E-state index contributed by atoms with van der Waals surface area (Å²) in [6.07, 6.45) is 2.52. The van der Waals surface area contributed by atoms with Gasteiger partial charge in [0.2, 0.25) is 5.91 Å². The molecule has 1 aromatic rings. The van der Waals surface area contributed by atoms with Crippen molar-refractivity contribution in [1.82, 2.24) is 14.9 Å². The SMILES string of the molecule is CC(C)C(=O)N1CCC(COc2nccc(Cl)n2)C1. The van der Waals surface area contributed by atoms with Gasteiger partial charge in [0.05, 0.1) is 6.61 Å². The standard InChI is InChI=1S/C13H18ClN3O2/c1-9(2)12(18)17-6-4-10(7-17)8-19-13-15-5-3-11(14)16-13/h3,5,9-10H,4,6-8H2,1-2H3. The van der Waals surface area contributed by atoms with Crippen LogP contribution in [0, 0.1) is 11.8 Å². The zero-order chi connectivity index (χ0) is 13.8. The molecule has 1 aliphatic heterocycles. The van der Waals surface area contributed by atoms with E-state index >= 15 is 0 Å². The number of hydrogen-bond donors (Lipinski definition) is 0. The molecule has 0 radical (unpaired) electrons. The zero-order valence-electron chi connectivity index (χ0n) is 11.2. The van der Waals surface area contributed by atoms with E-state index in [2.05, 4.69) is 9.97 Å². The van der Waals surface area contributed by atoms with E-state index in [1.807, 2.05) is 18.7 Å². The minimum Gasteiger partial charge on any atom is -0.463 e.